The molecular formula is C32H35ClF5N9O4. The summed E-state index contributed by atoms with van der Waals surface area (Å²) in [6.45, 7) is 2.65. The normalized spacial score (nSPS) is 26.6. The zero-order valence-corrected chi connectivity index (χ0v) is 27.9. The number of amides is 4. The average Bonchev–Trinajstić information content (AvgIpc) is 3.70. The van der Waals surface area contributed by atoms with Crippen molar-refractivity contribution in [2.24, 2.45) is 24.8 Å². The summed E-state index contributed by atoms with van der Waals surface area (Å²) >= 11 is 6.41. The Morgan fingerprint density at radius 1 is 1.12 bits per heavy atom. The number of carbonyl (C=O) groups excluding carboxylic acids is 3. The van der Waals surface area contributed by atoms with E-state index in [1.54, 1.807) is 4.90 Å². The maximum atomic E-state index is 13.8. The van der Waals surface area contributed by atoms with E-state index in [1.807, 2.05) is 0 Å². The van der Waals surface area contributed by atoms with Crippen LogP contribution in [-0.4, -0.2) is 98.0 Å². The second-order valence-electron chi connectivity index (χ2n) is 13.8. The van der Waals surface area contributed by atoms with Gasteiger partial charge in [0.2, 0.25) is 0 Å². The Hall–Kier alpha value is -4.29. The summed E-state index contributed by atoms with van der Waals surface area (Å²) in [6, 6.07) is 2.29. The van der Waals surface area contributed by atoms with Crippen molar-refractivity contribution in [1.29, 1.82) is 0 Å². The highest BCUT2D eigenvalue weighted by atomic mass is 35.5. The Morgan fingerprint density at radius 3 is 2.43 bits per heavy atom. The molecule has 3 unspecified atom stereocenters. The molecule has 274 valence electrons. The third-order valence-electron chi connectivity index (χ3n) is 10.2. The highest BCUT2D eigenvalue weighted by Gasteiger charge is 2.59. The molecule has 7 rings (SSSR count). The molecule has 13 nitrogen and oxygen atoms in total. The number of alkyl halides is 5. The van der Waals surface area contributed by atoms with Crippen molar-refractivity contribution in [3.05, 3.63) is 52.7 Å². The number of benzene rings is 1. The summed E-state index contributed by atoms with van der Waals surface area (Å²) in [6.07, 6.45) is -2.55. The number of rotatable bonds is 8. The fraction of sp³-hybridized carbons (Fsp3) is 0.531. The van der Waals surface area contributed by atoms with Crippen molar-refractivity contribution in [3.8, 4) is 11.3 Å². The lowest BCUT2D eigenvalue weighted by atomic mass is 10.0. The Balaban J connectivity index is 0.928. The van der Waals surface area contributed by atoms with E-state index in [4.69, 9.17) is 11.6 Å². The third-order valence-corrected chi connectivity index (χ3v) is 10.5. The first-order valence-corrected chi connectivity index (χ1v) is 16.9. The summed E-state index contributed by atoms with van der Waals surface area (Å²) in [4.78, 5) is 44.5. The van der Waals surface area contributed by atoms with Gasteiger partial charge in [-0.2, -0.15) is 18.3 Å². The molecule has 2 saturated carbocycles. The van der Waals surface area contributed by atoms with E-state index < -0.39 is 53.7 Å². The molecule has 0 radical (unpaired) electrons. The van der Waals surface area contributed by atoms with Gasteiger partial charge in [0.25, 0.3) is 17.7 Å². The number of nitrogens with zero attached hydrogens (tertiary/aromatic N) is 5. The highest BCUT2D eigenvalue weighted by Crippen LogP contribution is 2.53. The first kappa shape index (κ1) is 35.1. The topological polar surface area (TPSA) is 158 Å². The number of carbonyl (C=O) groups is 3. The van der Waals surface area contributed by atoms with Crippen LogP contribution in [0.5, 0.6) is 0 Å². The number of fused-ring (bicyclic) bond motifs is 1. The number of aromatic nitrogens is 4. The van der Waals surface area contributed by atoms with E-state index in [9.17, 15) is 41.4 Å². The van der Waals surface area contributed by atoms with Gasteiger partial charge in [-0.15, -0.1) is 0 Å². The largest absolute Gasteiger partial charge is 0.435 e. The number of anilines is 1. The third kappa shape index (κ3) is 7.00. The number of likely N-dealkylation sites (tertiary alicyclic amines) is 1. The van der Waals surface area contributed by atoms with Crippen molar-refractivity contribution >= 4 is 35.1 Å². The van der Waals surface area contributed by atoms with Crippen LogP contribution in [0.25, 0.3) is 11.3 Å². The molecular weight excluding hydrogens is 705 g/mol. The van der Waals surface area contributed by atoms with Gasteiger partial charge in [0.05, 0.1) is 40.2 Å². The van der Waals surface area contributed by atoms with Crippen LogP contribution in [0, 0.1) is 17.8 Å². The molecule has 2 aliphatic carbocycles. The number of halogens is 6. The summed E-state index contributed by atoms with van der Waals surface area (Å²) in [5.74, 6) is -3.74. The van der Waals surface area contributed by atoms with E-state index in [0.717, 1.165) is 29.8 Å². The van der Waals surface area contributed by atoms with Crippen LogP contribution in [0.4, 0.5) is 32.4 Å². The lowest BCUT2D eigenvalue weighted by Gasteiger charge is -2.23. The number of hydrogen-bond donors (Lipinski definition) is 5. The van der Waals surface area contributed by atoms with Gasteiger partial charge in [-0.3, -0.25) is 14.3 Å². The molecule has 2 aromatic heterocycles. The zero-order valence-electron chi connectivity index (χ0n) is 27.2. The molecule has 4 heterocycles. The number of nitrogens with one attached hydrogen (secondary N) is 4. The van der Waals surface area contributed by atoms with E-state index in [-0.39, 0.29) is 45.8 Å². The molecule has 4 fully saturated rings. The Bertz CT molecular complexity index is 1850. The van der Waals surface area contributed by atoms with E-state index in [2.05, 4.69) is 31.3 Å². The van der Waals surface area contributed by atoms with Crippen molar-refractivity contribution in [2.75, 3.05) is 38.0 Å². The first-order valence-electron chi connectivity index (χ1n) is 16.5. The number of aliphatic hydroxyl groups is 1. The van der Waals surface area contributed by atoms with Crippen LogP contribution >= 0.6 is 11.6 Å². The SMILES string of the molecule is Cn1c(-c2cn(C3CC3(F)F)nc2C(F)(F)F)cnc1C(=O)Nc1ccc(C(=O)NCC2CC3CN(C(=O)N[C@@H]4CNC[C@H]4O)CC3C2)c(Cl)c1. The standard InChI is InChI=1S/C32H35ClF5N9O4/c1-45-23(20-14-47(25-7-31(25,34)35)44-26(20)32(36,37)38)10-40-27(45)29(50)42-18-2-3-19(21(33)6-18)28(49)41-8-15-4-16-12-46(13-17(16)5-15)30(51)43-22-9-39-11-24(22)48/h2-3,6,10,14-17,22,24-25,39,48H,4-5,7-9,11-13H2,1H3,(H,41,49)(H,42,50)(H,43,51)/t15?,16?,17?,22-,24-,25?/m1/s1. The second kappa shape index (κ2) is 13.0. The summed E-state index contributed by atoms with van der Waals surface area (Å²) < 4.78 is 70.2. The van der Waals surface area contributed by atoms with Crippen LogP contribution in [0.15, 0.2) is 30.6 Å². The summed E-state index contributed by atoms with van der Waals surface area (Å²) in [5, 5.41) is 24.8. The molecule has 0 bridgehead atoms. The van der Waals surface area contributed by atoms with Gasteiger partial charge in [-0.25, -0.2) is 18.6 Å². The maximum Gasteiger partial charge on any atom is 0.435 e. The second-order valence-corrected chi connectivity index (χ2v) is 14.2. The quantitative estimate of drug-likeness (QED) is 0.221. The van der Waals surface area contributed by atoms with Gasteiger partial charge in [0.1, 0.15) is 6.04 Å². The predicted molar refractivity (Wildman–Crippen MR) is 172 cm³/mol. The average molecular weight is 740 g/mol. The molecule has 51 heavy (non-hydrogen) atoms. The van der Waals surface area contributed by atoms with Gasteiger partial charge < -0.3 is 35.8 Å². The minimum atomic E-state index is -4.95. The monoisotopic (exact) mass is 739 g/mol. The van der Waals surface area contributed by atoms with E-state index in [1.165, 1.54) is 25.2 Å². The van der Waals surface area contributed by atoms with Crippen molar-refractivity contribution in [1.82, 2.24) is 40.2 Å². The van der Waals surface area contributed by atoms with Gasteiger partial charge in [0.15, 0.2) is 11.5 Å². The van der Waals surface area contributed by atoms with Crippen LogP contribution in [-0.2, 0) is 13.2 Å². The predicted octanol–water partition coefficient (Wildman–Crippen LogP) is 3.52. The maximum absolute atomic E-state index is 13.8. The highest BCUT2D eigenvalue weighted by molar-refractivity contribution is 6.34. The lowest BCUT2D eigenvalue weighted by Crippen LogP contribution is -2.48. The molecule has 2 saturated heterocycles. The van der Waals surface area contributed by atoms with E-state index in [0.29, 0.717) is 49.2 Å². The molecule has 0 spiro atoms. The molecule has 3 aromatic rings. The number of aliphatic hydroxyl groups excluding tert-OH is 1. The fourth-order valence-electron chi connectivity index (χ4n) is 7.42. The van der Waals surface area contributed by atoms with Crippen molar-refractivity contribution < 1.29 is 41.4 Å². The van der Waals surface area contributed by atoms with Crippen LogP contribution in [0.1, 0.15) is 52.0 Å². The Labute approximate surface area is 292 Å². The summed E-state index contributed by atoms with van der Waals surface area (Å²) in [7, 11) is 1.31. The summed E-state index contributed by atoms with van der Waals surface area (Å²) in [5.41, 5.74) is -1.65. The number of imidazole rings is 1. The van der Waals surface area contributed by atoms with Crippen LogP contribution in [0.3, 0.4) is 0 Å². The van der Waals surface area contributed by atoms with Crippen molar-refractivity contribution in [2.45, 2.75) is 49.5 Å². The first-order chi connectivity index (χ1) is 24.1. The lowest BCUT2D eigenvalue weighted by molar-refractivity contribution is -0.141. The van der Waals surface area contributed by atoms with Crippen LogP contribution in [0.2, 0.25) is 5.02 Å². The van der Waals surface area contributed by atoms with Gasteiger partial charge in [-0.1, -0.05) is 11.6 Å². The number of β-amino-alcohol motifs (C(OH)–C–C–N with tert-alkyl or cyclic N) is 1. The molecule has 2 aliphatic heterocycles. The Kier molecular flexibility index (Phi) is 8.98. The number of urea groups is 1. The van der Waals surface area contributed by atoms with Gasteiger partial charge in [0, 0.05) is 58.1 Å². The van der Waals surface area contributed by atoms with Gasteiger partial charge >= 0.3 is 12.2 Å². The zero-order chi connectivity index (χ0) is 36.4. The molecule has 4 aliphatic rings. The number of hydrogen-bond acceptors (Lipinski definition) is 7. The minimum absolute atomic E-state index is 0.0532. The molecule has 4 amide bonds. The minimum Gasteiger partial charge on any atom is -0.390 e. The smallest absolute Gasteiger partial charge is 0.390 e. The Morgan fingerprint density at radius 2 is 1.82 bits per heavy atom. The molecule has 1 aromatic carbocycles. The fourth-order valence-corrected chi connectivity index (χ4v) is 7.69. The molecule has 5 N–H and O–H groups in total. The van der Waals surface area contributed by atoms with Gasteiger partial charge in [-0.05, 0) is 48.8 Å². The van der Waals surface area contributed by atoms with E-state index >= 15 is 0 Å². The molecule has 5 atom stereocenters. The molecule has 19 heteroatoms. The van der Waals surface area contributed by atoms with Crippen LogP contribution < -0.4 is 21.3 Å². The van der Waals surface area contributed by atoms with Crippen molar-refractivity contribution in [3.63, 3.8) is 0 Å².